The Morgan fingerprint density at radius 2 is 1.90 bits per heavy atom. The van der Waals surface area contributed by atoms with Gasteiger partial charge in [-0.15, -0.1) is 0 Å². The molecule has 3 aromatic carbocycles. The first kappa shape index (κ1) is 18.8. The summed E-state index contributed by atoms with van der Waals surface area (Å²) in [7, 11) is 0. The molecule has 3 aromatic rings. The first-order valence-electron chi connectivity index (χ1n) is 9.28. The van der Waals surface area contributed by atoms with Crippen molar-refractivity contribution in [3.63, 3.8) is 0 Å². The molecule has 0 fully saturated rings. The first-order valence-corrected chi connectivity index (χ1v) is 9.28. The molecule has 0 unspecified atom stereocenters. The molecule has 0 radical (unpaired) electrons. The Hall–Kier alpha value is -3.51. The molecule has 4 rings (SSSR count). The minimum Gasteiger partial charge on any atom is -0.489 e. The normalized spacial score (nSPS) is 12.0. The zero-order valence-electron chi connectivity index (χ0n) is 15.8. The number of carboxylic acids is 1. The van der Waals surface area contributed by atoms with Crippen LogP contribution in [0.3, 0.4) is 0 Å². The van der Waals surface area contributed by atoms with Crippen LogP contribution in [0.2, 0.25) is 0 Å². The number of carboxylic acid groups (broad SMARTS) is 1. The number of hydrogen-bond donors (Lipinski definition) is 2. The molecular weight excluding hydrogens is 370 g/mol. The van der Waals surface area contributed by atoms with Gasteiger partial charge < -0.3 is 25.1 Å². The predicted molar refractivity (Wildman–Crippen MR) is 108 cm³/mol. The quantitative estimate of drug-likeness (QED) is 0.637. The van der Waals surface area contributed by atoms with E-state index in [0.29, 0.717) is 29.4 Å². The van der Waals surface area contributed by atoms with Gasteiger partial charge >= 0.3 is 5.97 Å². The molecule has 0 spiro atoms. The van der Waals surface area contributed by atoms with Gasteiger partial charge in [-0.1, -0.05) is 36.4 Å². The third-order valence-electron chi connectivity index (χ3n) is 4.71. The van der Waals surface area contributed by atoms with E-state index in [4.69, 9.17) is 25.1 Å². The molecular formula is C23H21NO5. The monoisotopic (exact) mass is 391 g/mol. The number of nitrogens with two attached hydrogens (primary N) is 1. The topological polar surface area (TPSA) is 91.0 Å². The average Bonchev–Trinajstić information content (AvgIpc) is 3.21. The number of rotatable bonds is 7. The van der Waals surface area contributed by atoms with Crippen LogP contribution in [0.25, 0.3) is 11.1 Å². The van der Waals surface area contributed by atoms with Gasteiger partial charge in [0.05, 0.1) is 6.42 Å². The van der Waals surface area contributed by atoms with Crippen LogP contribution in [0, 0.1) is 0 Å². The van der Waals surface area contributed by atoms with Crippen molar-refractivity contribution < 1.29 is 24.1 Å². The van der Waals surface area contributed by atoms with Gasteiger partial charge in [-0.05, 0) is 41.0 Å². The molecule has 1 aliphatic heterocycles. The lowest BCUT2D eigenvalue weighted by Gasteiger charge is -2.13. The maximum absolute atomic E-state index is 11.1. The number of para-hydroxylation sites is 1. The van der Waals surface area contributed by atoms with Crippen LogP contribution in [0.5, 0.6) is 17.2 Å². The summed E-state index contributed by atoms with van der Waals surface area (Å²) in [4.78, 5) is 11.1. The van der Waals surface area contributed by atoms with Gasteiger partial charge in [0.15, 0.2) is 11.5 Å². The third-order valence-corrected chi connectivity index (χ3v) is 4.71. The Morgan fingerprint density at radius 1 is 1.03 bits per heavy atom. The van der Waals surface area contributed by atoms with Crippen LogP contribution >= 0.6 is 0 Å². The fourth-order valence-electron chi connectivity index (χ4n) is 3.35. The van der Waals surface area contributed by atoms with Crippen molar-refractivity contribution in [1.29, 1.82) is 0 Å². The highest BCUT2D eigenvalue weighted by Gasteiger charge is 2.21. The summed E-state index contributed by atoms with van der Waals surface area (Å²) in [6, 6.07) is 19.0. The molecule has 1 heterocycles. The molecule has 0 aliphatic carbocycles. The van der Waals surface area contributed by atoms with Crippen molar-refractivity contribution >= 4 is 5.97 Å². The second-order valence-electron chi connectivity index (χ2n) is 6.75. The van der Waals surface area contributed by atoms with E-state index < -0.39 is 5.97 Å². The molecule has 6 nitrogen and oxygen atoms in total. The fraction of sp³-hybridized carbons (Fsp3) is 0.174. The molecule has 0 saturated heterocycles. The standard InChI is InChI=1S/C23H21NO5/c24-12-15-4-3-6-17(8-15)19-9-16(10-21-23(19)29-14-28-21)13-27-20-7-2-1-5-18(20)11-22(25)26/h1-10H,11-14,24H2,(H,25,26). The van der Waals surface area contributed by atoms with Gasteiger partial charge in [0.25, 0.3) is 0 Å². The van der Waals surface area contributed by atoms with Crippen molar-refractivity contribution in [2.45, 2.75) is 19.6 Å². The van der Waals surface area contributed by atoms with E-state index in [-0.39, 0.29) is 19.8 Å². The molecule has 148 valence electrons. The van der Waals surface area contributed by atoms with Crippen LogP contribution in [0.15, 0.2) is 60.7 Å². The SMILES string of the molecule is NCc1cccc(-c2cc(COc3ccccc3CC(=O)O)cc3c2OCO3)c1. The molecule has 0 atom stereocenters. The minimum atomic E-state index is -0.897. The van der Waals surface area contributed by atoms with E-state index in [2.05, 4.69) is 0 Å². The van der Waals surface area contributed by atoms with Crippen molar-refractivity contribution in [3.05, 3.63) is 77.4 Å². The van der Waals surface area contributed by atoms with E-state index >= 15 is 0 Å². The van der Waals surface area contributed by atoms with Gasteiger partial charge in [0.2, 0.25) is 6.79 Å². The number of hydrogen-bond acceptors (Lipinski definition) is 5. The molecule has 29 heavy (non-hydrogen) atoms. The summed E-state index contributed by atoms with van der Waals surface area (Å²) < 4.78 is 17.2. The lowest BCUT2D eigenvalue weighted by molar-refractivity contribution is -0.136. The van der Waals surface area contributed by atoms with Crippen LogP contribution in [0.4, 0.5) is 0 Å². The van der Waals surface area contributed by atoms with Crippen LogP contribution in [-0.2, 0) is 24.4 Å². The van der Waals surface area contributed by atoms with E-state index in [1.54, 1.807) is 18.2 Å². The van der Waals surface area contributed by atoms with Crippen molar-refractivity contribution in [1.82, 2.24) is 0 Å². The number of ether oxygens (including phenoxy) is 3. The molecule has 3 N–H and O–H groups in total. The maximum atomic E-state index is 11.1. The van der Waals surface area contributed by atoms with E-state index in [1.807, 2.05) is 42.5 Å². The predicted octanol–water partition coefficient (Wildman–Crippen LogP) is 3.75. The van der Waals surface area contributed by atoms with Crippen molar-refractivity contribution in [2.24, 2.45) is 5.73 Å². The highest BCUT2D eigenvalue weighted by Crippen LogP contribution is 2.42. The average molecular weight is 391 g/mol. The summed E-state index contributed by atoms with van der Waals surface area (Å²) in [5, 5.41) is 9.09. The molecule has 0 saturated carbocycles. The van der Waals surface area contributed by atoms with Gasteiger partial charge in [0, 0.05) is 17.7 Å². The van der Waals surface area contributed by atoms with Crippen molar-refractivity contribution in [3.8, 4) is 28.4 Å². The smallest absolute Gasteiger partial charge is 0.307 e. The minimum absolute atomic E-state index is 0.0888. The molecule has 6 heteroatoms. The lowest BCUT2D eigenvalue weighted by atomic mass is 9.99. The Labute approximate surface area is 168 Å². The molecule has 0 aromatic heterocycles. The Kier molecular flexibility index (Phi) is 5.35. The first-order chi connectivity index (χ1) is 14.1. The summed E-state index contributed by atoms with van der Waals surface area (Å²) in [6.45, 7) is 0.901. The Balaban J connectivity index is 1.63. The van der Waals surface area contributed by atoms with Gasteiger partial charge in [-0.25, -0.2) is 0 Å². The Morgan fingerprint density at radius 3 is 2.72 bits per heavy atom. The number of fused-ring (bicyclic) bond motifs is 1. The summed E-state index contributed by atoms with van der Waals surface area (Å²) in [5.74, 6) is 1.03. The second-order valence-corrected chi connectivity index (χ2v) is 6.75. The summed E-state index contributed by atoms with van der Waals surface area (Å²) >= 11 is 0. The van der Waals surface area contributed by atoms with Gasteiger partial charge in [0.1, 0.15) is 12.4 Å². The summed E-state index contributed by atoms with van der Waals surface area (Å²) in [5.41, 5.74) is 10.2. The number of aliphatic carboxylic acids is 1. The van der Waals surface area contributed by atoms with Crippen molar-refractivity contribution in [2.75, 3.05) is 6.79 Å². The van der Waals surface area contributed by atoms with Crippen LogP contribution < -0.4 is 19.9 Å². The number of benzene rings is 3. The third kappa shape index (κ3) is 4.17. The highest BCUT2D eigenvalue weighted by atomic mass is 16.7. The number of carbonyl (C=O) groups is 1. The van der Waals surface area contributed by atoms with E-state index in [0.717, 1.165) is 22.3 Å². The van der Waals surface area contributed by atoms with Gasteiger partial charge in [-0.3, -0.25) is 4.79 Å². The van der Waals surface area contributed by atoms with E-state index in [9.17, 15) is 4.79 Å². The lowest BCUT2D eigenvalue weighted by Crippen LogP contribution is -2.04. The Bertz CT molecular complexity index is 1050. The zero-order valence-corrected chi connectivity index (χ0v) is 15.8. The van der Waals surface area contributed by atoms with Crippen LogP contribution in [-0.4, -0.2) is 17.9 Å². The van der Waals surface area contributed by atoms with Crippen LogP contribution in [0.1, 0.15) is 16.7 Å². The fourth-order valence-corrected chi connectivity index (χ4v) is 3.35. The zero-order chi connectivity index (χ0) is 20.2. The molecule has 0 bridgehead atoms. The molecule has 1 aliphatic rings. The maximum Gasteiger partial charge on any atom is 0.307 e. The highest BCUT2D eigenvalue weighted by molar-refractivity contribution is 5.76. The molecule has 0 amide bonds. The summed E-state index contributed by atoms with van der Waals surface area (Å²) in [6.07, 6.45) is -0.0888. The van der Waals surface area contributed by atoms with E-state index in [1.165, 1.54) is 0 Å². The largest absolute Gasteiger partial charge is 0.489 e. The second kappa shape index (κ2) is 8.24. The van der Waals surface area contributed by atoms with Gasteiger partial charge in [-0.2, -0.15) is 0 Å².